The number of hydrogen-bond acceptors (Lipinski definition) is 3. The number of benzene rings is 1. The van der Waals surface area contributed by atoms with E-state index in [0.717, 1.165) is 20.3 Å². The average Bonchev–Trinajstić information content (AvgIpc) is 2.73. The van der Waals surface area contributed by atoms with Crippen molar-refractivity contribution in [3.8, 4) is 5.75 Å². The maximum absolute atomic E-state index is 5.95. The van der Waals surface area contributed by atoms with Crippen LogP contribution in [0.1, 0.15) is 23.4 Å². The summed E-state index contributed by atoms with van der Waals surface area (Å²) in [4.78, 5) is 1.17. The minimum absolute atomic E-state index is 0.0516. The van der Waals surface area contributed by atoms with E-state index in [4.69, 9.17) is 10.5 Å². The first-order valence-electron chi connectivity index (χ1n) is 5.47. The molecule has 0 aliphatic carbocycles. The highest BCUT2D eigenvalue weighted by molar-refractivity contribution is 9.10. The van der Waals surface area contributed by atoms with Crippen molar-refractivity contribution in [2.24, 2.45) is 5.73 Å². The van der Waals surface area contributed by atoms with Gasteiger partial charge in [-0.05, 0) is 52.5 Å². The molecule has 2 rings (SSSR count). The summed E-state index contributed by atoms with van der Waals surface area (Å²) in [5.74, 6) is 0.841. The van der Waals surface area contributed by atoms with Crippen LogP contribution in [0.4, 0.5) is 0 Å². The van der Waals surface area contributed by atoms with E-state index in [0.29, 0.717) is 6.61 Å². The molecule has 2 N–H and O–H groups in total. The van der Waals surface area contributed by atoms with Crippen LogP contribution in [-0.2, 0) is 6.61 Å². The highest BCUT2D eigenvalue weighted by Gasteiger charge is 2.10. The Kier molecular flexibility index (Phi) is 4.84. The monoisotopic (exact) mass is 389 g/mol. The van der Waals surface area contributed by atoms with Crippen molar-refractivity contribution in [2.75, 3.05) is 0 Å². The summed E-state index contributed by atoms with van der Waals surface area (Å²) in [6.45, 7) is 2.51. The van der Waals surface area contributed by atoms with E-state index in [1.807, 2.05) is 36.6 Å². The van der Waals surface area contributed by atoms with Gasteiger partial charge < -0.3 is 10.5 Å². The maximum atomic E-state index is 5.95. The third-order valence-corrected chi connectivity index (χ3v) is 4.91. The highest BCUT2D eigenvalue weighted by Crippen LogP contribution is 2.30. The molecule has 0 aliphatic heterocycles. The van der Waals surface area contributed by atoms with E-state index in [2.05, 4.69) is 31.9 Å². The Labute approximate surface area is 127 Å². The Morgan fingerprint density at radius 1 is 1.33 bits per heavy atom. The first kappa shape index (κ1) is 14.1. The van der Waals surface area contributed by atoms with Gasteiger partial charge in [0.2, 0.25) is 0 Å². The summed E-state index contributed by atoms with van der Waals surface area (Å²) < 4.78 is 7.96. The van der Waals surface area contributed by atoms with Crippen LogP contribution >= 0.6 is 43.2 Å². The SMILES string of the molecule is CC(N)c1cc(Br)ccc1OCc1sccc1Br. The van der Waals surface area contributed by atoms with Crippen molar-refractivity contribution in [2.45, 2.75) is 19.6 Å². The first-order chi connectivity index (χ1) is 8.58. The van der Waals surface area contributed by atoms with Crippen molar-refractivity contribution in [1.82, 2.24) is 0 Å². The van der Waals surface area contributed by atoms with Gasteiger partial charge in [0, 0.05) is 20.6 Å². The molecular formula is C13H13Br2NOS. The molecule has 96 valence electrons. The fourth-order valence-electron chi connectivity index (χ4n) is 1.58. The predicted octanol–water partition coefficient (Wildman–Crippen LogP) is 4.87. The molecule has 0 spiro atoms. The van der Waals surface area contributed by atoms with Gasteiger partial charge in [0.1, 0.15) is 12.4 Å². The van der Waals surface area contributed by atoms with Crippen LogP contribution in [0.3, 0.4) is 0 Å². The van der Waals surface area contributed by atoms with Gasteiger partial charge in [-0.3, -0.25) is 0 Å². The third kappa shape index (κ3) is 3.35. The number of rotatable bonds is 4. The molecule has 2 nitrogen and oxygen atoms in total. The van der Waals surface area contributed by atoms with Gasteiger partial charge in [0.25, 0.3) is 0 Å². The summed E-state index contributed by atoms with van der Waals surface area (Å²) in [5.41, 5.74) is 6.97. The summed E-state index contributed by atoms with van der Waals surface area (Å²) in [7, 11) is 0. The zero-order chi connectivity index (χ0) is 13.1. The number of ether oxygens (including phenoxy) is 1. The lowest BCUT2D eigenvalue weighted by atomic mass is 10.1. The number of halogens is 2. The highest BCUT2D eigenvalue weighted by atomic mass is 79.9. The first-order valence-corrected chi connectivity index (χ1v) is 7.94. The summed E-state index contributed by atoms with van der Waals surface area (Å²) >= 11 is 8.62. The van der Waals surface area contributed by atoms with Crippen LogP contribution in [0.5, 0.6) is 5.75 Å². The van der Waals surface area contributed by atoms with Crippen molar-refractivity contribution in [3.05, 3.63) is 49.0 Å². The van der Waals surface area contributed by atoms with E-state index in [1.165, 1.54) is 4.88 Å². The van der Waals surface area contributed by atoms with Gasteiger partial charge >= 0.3 is 0 Å². The van der Waals surface area contributed by atoms with Crippen LogP contribution in [0.25, 0.3) is 0 Å². The lowest BCUT2D eigenvalue weighted by Gasteiger charge is -2.14. The minimum Gasteiger partial charge on any atom is -0.488 e. The molecule has 5 heteroatoms. The van der Waals surface area contributed by atoms with E-state index in [9.17, 15) is 0 Å². The van der Waals surface area contributed by atoms with Gasteiger partial charge in [0.05, 0.1) is 4.88 Å². The van der Waals surface area contributed by atoms with Gasteiger partial charge in [-0.2, -0.15) is 0 Å². The van der Waals surface area contributed by atoms with Crippen LogP contribution in [0, 0.1) is 0 Å². The second kappa shape index (κ2) is 6.19. The summed E-state index contributed by atoms with van der Waals surface area (Å²) in [6, 6.07) is 7.89. The molecule has 1 unspecified atom stereocenters. The third-order valence-electron chi connectivity index (χ3n) is 2.51. The molecule has 0 saturated heterocycles. The molecule has 2 aromatic rings. The van der Waals surface area contributed by atoms with E-state index < -0.39 is 0 Å². The molecule has 0 bridgehead atoms. The molecule has 1 aromatic heterocycles. The molecule has 0 fully saturated rings. The Morgan fingerprint density at radius 2 is 2.11 bits per heavy atom. The molecule has 1 atom stereocenters. The number of thiophene rings is 1. The number of nitrogens with two attached hydrogens (primary N) is 1. The minimum atomic E-state index is -0.0516. The average molecular weight is 391 g/mol. The molecule has 1 heterocycles. The topological polar surface area (TPSA) is 35.2 Å². The Hall–Kier alpha value is -0.360. The molecule has 0 saturated carbocycles. The van der Waals surface area contributed by atoms with Gasteiger partial charge in [-0.15, -0.1) is 11.3 Å². The van der Waals surface area contributed by atoms with Gasteiger partial charge in [-0.1, -0.05) is 15.9 Å². The van der Waals surface area contributed by atoms with Crippen LogP contribution in [-0.4, -0.2) is 0 Å². The van der Waals surface area contributed by atoms with Crippen LogP contribution < -0.4 is 10.5 Å². The normalized spacial score (nSPS) is 12.4. The summed E-state index contributed by atoms with van der Waals surface area (Å²) in [5, 5.41) is 2.04. The number of hydrogen-bond donors (Lipinski definition) is 1. The Bertz CT molecular complexity index is 540. The zero-order valence-corrected chi connectivity index (χ0v) is 13.8. The molecule has 0 radical (unpaired) electrons. The second-order valence-corrected chi connectivity index (χ2v) is 6.72. The summed E-state index contributed by atoms with van der Waals surface area (Å²) in [6.07, 6.45) is 0. The standard InChI is InChI=1S/C13H13Br2NOS/c1-8(16)10-6-9(14)2-3-12(10)17-7-13-11(15)4-5-18-13/h2-6,8H,7,16H2,1H3. The molecular weight excluding hydrogens is 378 g/mol. The molecule has 0 aliphatic rings. The quantitative estimate of drug-likeness (QED) is 0.807. The lowest BCUT2D eigenvalue weighted by Crippen LogP contribution is -2.08. The van der Waals surface area contributed by atoms with Crippen molar-refractivity contribution >= 4 is 43.2 Å². The fraction of sp³-hybridized carbons (Fsp3) is 0.231. The Balaban J connectivity index is 2.16. The largest absolute Gasteiger partial charge is 0.488 e. The molecule has 0 amide bonds. The maximum Gasteiger partial charge on any atom is 0.124 e. The van der Waals surface area contributed by atoms with Crippen molar-refractivity contribution in [3.63, 3.8) is 0 Å². The van der Waals surface area contributed by atoms with Crippen LogP contribution in [0.15, 0.2) is 38.6 Å². The van der Waals surface area contributed by atoms with Crippen molar-refractivity contribution < 1.29 is 4.74 Å². The van der Waals surface area contributed by atoms with E-state index >= 15 is 0 Å². The van der Waals surface area contributed by atoms with Gasteiger partial charge in [0.15, 0.2) is 0 Å². The molecule has 1 aromatic carbocycles. The molecule has 18 heavy (non-hydrogen) atoms. The van der Waals surface area contributed by atoms with Gasteiger partial charge in [-0.25, -0.2) is 0 Å². The fourth-order valence-corrected chi connectivity index (χ4v) is 3.33. The lowest BCUT2D eigenvalue weighted by molar-refractivity contribution is 0.304. The van der Waals surface area contributed by atoms with Crippen molar-refractivity contribution in [1.29, 1.82) is 0 Å². The van der Waals surface area contributed by atoms with E-state index in [-0.39, 0.29) is 6.04 Å². The van der Waals surface area contributed by atoms with Crippen LogP contribution in [0.2, 0.25) is 0 Å². The second-order valence-electron chi connectivity index (χ2n) is 3.95. The Morgan fingerprint density at radius 3 is 2.72 bits per heavy atom. The smallest absolute Gasteiger partial charge is 0.124 e. The van der Waals surface area contributed by atoms with E-state index in [1.54, 1.807) is 11.3 Å². The predicted molar refractivity (Wildman–Crippen MR) is 83.1 cm³/mol. The zero-order valence-electron chi connectivity index (χ0n) is 9.82.